The topological polar surface area (TPSA) is 25.8 Å². The molecule has 2 nitrogen and oxygen atoms in total. The maximum atomic E-state index is 4.28. The molecular formula is C7H11IN2S. The molecule has 62 valence electrons. The van der Waals surface area contributed by atoms with Gasteiger partial charge in [-0.15, -0.1) is 0 Å². The van der Waals surface area contributed by atoms with Gasteiger partial charge in [0.25, 0.3) is 0 Å². The molecule has 0 aliphatic heterocycles. The Labute approximate surface area is 84.7 Å². The fourth-order valence-corrected chi connectivity index (χ4v) is 1.78. The highest BCUT2D eigenvalue weighted by Crippen LogP contribution is 2.10. The van der Waals surface area contributed by atoms with Gasteiger partial charge in [-0.1, -0.05) is 13.8 Å². The lowest BCUT2D eigenvalue weighted by Crippen LogP contribution is -1.93. The van der Waals surface area contributed by atoms with Crippen LogP contribution in [0.25, 0.3) is 0 Å². The Kier molecular flexibility index (Phi) is 3.71. The van der Waals surface area contributed by atoms with Crippen LogP contribution in [-0.4, -0.2) is 9.36 Å². The molecule has 0 atom stereocenters. The summed E-state index contributed by atoms with van der Waals surface area (Å²) >= 11 is 3.68. The summed E-state index contributed by atoms with van der Waals surface area (Å²) in [4.78, 5) is 4.28. The Morgan fingerprint density at radius 1 is 1.55 bits per heavy atom. The van der Waals surface area contributed by atoms with E-state index in [9.17, 15) is 0 Å². The van der Waals surface area contributed by atoms with Gasteiger partial charge in [-0.2, -0.15) is 4.37 Å². The Morgan fingerprint density at radius 3 is 2.73 bits per heavy atom. The first-order valence-electron chi connectivity index (χ1n) is 3.66. The molecule has 0 bridgehead atoms. The van der Waals surface area contributed by atoms with Crippen molar-refractivity contribution in [3.8, 4) is 0 Å². The van der Waals surface area contributed by atoms with Crippen LogP contribution in [0, 0.1) is 8.93 Å². The second-order valence-electron chi connectivity index (χ2n) is 2.90. The average molecular weight is 282 g/mol. The molecule has 0 aromatic carbocycles. The predicted octanol–water partition coefficient (Wildman–Crippen LogP) is 2.73. The minimum atomic E-state index is 0.746. The van der Waals surface area contributed by atoms with E-state index in [-0.39, 0.29) is 0 Å². The van der Waals surface area contributed by atoms with Crippen molar-refractivity contribution in [2.24, 2.45) is 5.92 Å². The standard InChI is InChI=1S/C7H11IN2S/c1-5(2)3-4-6-9-7(8)11-10-6/h5H,3-4H2,1-2H3. The van der Waals surface area contributed by atoms with Gasteiger partial charge in [0.05, 0.1) is 0 Å². The lowest BCUT2D eigenvalue weighted by molar-refractivity contribution is 0.577. The van der Waals surface area contributed by atoms with Gasteiger partial charge in [0.2, 0.25) is 0 Å². The molecule has 11 heavy (non-hydrogen) atoms. The fourth-order valence-electron chi connectivity index (χ4n) is 0.752. The van der Waals surface area contributed by atoms with Crippen molar-refractivity contribution in [1.82, 2.24) is 9.36 Å². The van der Waals surface area contributed by atoms with Gasteiger partial charge in [-0.05, 0) is 46.5 Å². The van der Waals surface area contributed by atoms with E-state index < -0.39 is 0 Å². The summed E-state index contributed by atoms with van der Waals surface area (Å²) < 4.78 is 5.25. The zero-order valence-electron chi connectivity index (χ0n) is 6.67. The van der Waals surface area contributed by atoms with E-state index in [1.54, 1.807) is 0 Å². The zero-order valence-corrected chi connectivity index (χ0v) is 9.65. The summed E-state index contributed by atoms with van der Waals surface area (Å²) in [6, 6.07) is 0. The van der Waals surface area contributed by atoms with Crippen LogP contribution in [0.4, 0.5) is 0 Å². The summed E-state index contributed by atoms with van der Waals surface area (Å²) in [7, 11) is 0. The van der Waals surface area contributed by atoms with E-state index in [0.29, 0.717) is 0 Å². The number of halogens is 1. The van der Waals surface area contributed by atoms with E-state index in [4.69, 9.17) is 0 Å². The molecule has 0 aliphatic rings. The monoisotopic (exact) mass is 282 g/mol. The van der Waals surface area contributed by atoms with Crippen molar-refractivity contribution < 1.29 is 0 Å². The van der Waals surface area contributed by atoms with Crippen LogP contribution in [0.15, 0.2) is 0 Å². The van der Waals surface area contributed by atoms with Gasteiger partial charge in [-0.3, -0.25) is 0 Å². The molecule has 1 rings (SSSR count). The maximum absolute atomic E-state index is 4.28. The normalized spacial score (nSPS) is 10.9. The van der Waals surface area contributed by atoms with Gasteiger partial charge in [0.1, 0.15) is 5.82 Å². The molecule has 0 saturated carbocycles. The van der Waals surface area contributed by atoms with Crippen LogP contribution in [0.2, 0.25) is 0 Å². The number of hydrogen-bond acceptors (Lipinski definition) is 3. The van der Waals surface area contributed by atoms with Crippen molar-refractivity contribution in [1.29, 1.82) is 0 Å². The van der Waals surface area contributed by atoms with Crippen LogP contribution < -0.4 is 0 Å². The Balaban J connectivity index is 2.39. The SMILES string of the molecule is CC(C)CCc1nsc(I)n1. The van der Waals surface area contributed by atoms with Crippen LogP contribution in [0.5, 0.6) is 0 Å². The molecule has 0 radical (unpaired) electrons. The summed E-state index contributed by atoms with van der Waals surface area (Å²) in [5.41, 5.74) is 0. The molecule has 1 heterocycles. The molecule has 1 aromatic heterocycles. The molecule has 0 aliphatic carbocycles. The summed E-state index contributed by atoms with van der Waals surface area (Å²) in [6.45, 7) is 4.44. The van der Waals surface area contributed by atoms with Gasteiger partial charge < -0.3 is 0 Å². The Bertz CT molecular complexity index is 222. The number of rotatable bonds is 3. The molecule has 0 fully saturated rings. The molecular weight excluding hydrogens is 271 g/mol. The summed E-state index contributed by atoms with van der Waals surface area (Å²) in [5, 5.41) is 0. The average Bonchev–Trinajstić information content (AvgIpc) is 2.31. The van der Waals surface area contributed by atoms with Crippen LogP contribution in [0.3, 0.4) is 0 Å². The van der Waals surface area contributed by atoms with Gasteiger partial charge in [0.15, 0.2) is 3.01 Å². The smallest absolute Gasteiger partial charge is 0.173 e. The lowest BCUT2D eigenvalue weighted by Gasteiger charge is -1.99. The summed E-state index contributed by atoms with van der Waals surface area (Å²) in [6.07, 6.45) is 2.21. The zero-order chi connectivity index (χ0) is 8.27. The van der Waals surface area contributed by atoms with E-state index in [2.05, 4.69) is 45.8 Å². The lowest BCUT2D eigenvalue weighted by atomic mass is 10.1. The van der Waals surface area contributed by atoms with Crippen molar-refractivity contribution in [3.63, 3.8) is 0 Å². The number of hydrogen-bond donors (Lipinski definition) is 0. The van der Waals surface area contributed by atoms with Gasteiger partial charge in [-0.25, -0.2) is 4.98 Å². The number of nitrogens with zero attached hydrogens (tertiary/aromatic N) is 2. The highest BCUT2D eigenvalue weighted by molar-refractivity contribution is 14.1. The van der Waals surface area contributed by atoms with Crippen molar-refractivity contribution in [2.75, 3.05) is 0 Å². The first-order chi connectivity index (χ1) is 5.18. The molecule has 0 amide bonds. The molecule has 0 spiro atoms. The van der Waals surface area contributed by atoms with E-state index >= 15 is 0 Å². The Morgan fingerprint density at radius 2 is 2.27 bits per heavy atom. The minimum Gasteiger partial charge on any atom is -0.213 e. The maximum Gasteiger partial charge on any atom is 0.173 e. The van der Waals surface area contributed by atoms with Crippen molar-refractivity contribution >= 4 is 34.1 Å². The van der Waals surface area contributed by atoms with Gasteiger partial charge in [0, 0.05) is 6.42 Å². The molecule has 0 unspecified atom stereocenters. The third-order valence-corrected chi connectivity index (χ3v) is 2.76. The first kappa shape index (κ1) is 9.38. The van der Waals surface area contributed by atoms with E-state index in [1.807, 2.05) is 0 Å². The number of aryl methyl sites for hydroxylation is 1. The molecule has 0 saturated heterocycles. The largest absolute Gasteiger partial charge is 0.213 e. The second kappa shape index (κ2) is 4.35. The van der Waals surface area contributed by atoms with Crippen LogP contribution in [-0.2, 0) is 6.42 Å². The predicted molar refractivity (Wildman–Crippen MR) is 55.8 cm³/mol. The first-order valence-corrected chi connectivity index (χ1v) is 5.52. The third kappa shape index (κ3) is 3.46. The van der Waals surface area contributed by atoms with Crippen molar-refractivity contribution in [2.45, 2.75) is 26.7 Å². The highest BCUT2D eigenvalue weighted by atomic mass is 127. The van der Waals surface area contributed by atoms with Gasteiger partial charge >= 0.3 is 0 Å². The minimum absolute atomic E-state index is 0.746. The van der Waals surface area contributed by atoms with E-state index in [1.165, 1.54) is 18.0 Å². The third-order valence-electron chi connectivity index (χ3n) is 1.39. The van der Waals surface area contributed by atoms with Crippen molar-refractivity contribution in [3.05, 3.63) is 8.84 Å². The summed E-state index contributed by atoms with van der Waals surface area (Å²) in [5.74, 6) is 1.75. The second-order valence-corrected chi connectivity index (χ2v) is 5.40. The number of aromatic nitrogens is 2. The van der Waals surface area contributed by atoms with Crippen LogP contribution in [0.1, 0.15) is 26.1 Å². The molecule has 1 aromatic rings. The fraction of sp³-hybridized carbons (Fsp3) is 0.714. The molecule has 0 N–H and O–H groups in total. The quantitative estimate of drug-likeness (QED) is 0.797. The Hall–Kier alpha value is 0.290. The highest BCUT2D eigenvalue weighted by Gasteiger charge is 2.01. The molecule has 4 heteroatoms. The van der Waals surface area contributed by atoms with Crippen LogP contribution >= 0.6 is 34.1 Å². The van der Waals surface area contributed by atoms with E-state index in [0.717, 1.165) is 21.2 Å².